The van der Waals surface area contributed by atoms with Gasteiger partial charge in [0.15, 0.2) is 6.29 Å². The molecule has 1 heterocycles. The number of epoxide rings is 1. The molecule has 3 aromatic carbocycles. The minimum Gasteiger partial charge on any atom is -0.374 e. The molecule has 0 amide bonds. The number of hydrogen-bond acceptors (Lipinski definition) is 6. The summed E-state index contributed by atoms with van der Waals surface area (Å²) in [5.41, 5.74) is 3.23. The van der Waals surface area contributed by atoms with Crippen molar-refractivity contribution in [3.05, 3.63) is 120 Å². The SMILES string of the molecule is C=CCOC(OC)[C@H](OCc1ccccc1)[C@@H](OCc1ccccc1)[C@H]1O[C@@H]1COCc1ccccc1. The monoisotopic (exact) mass is 504 g/mol. The van der Waals surface area contributed by atoms with E-state index >= 15 is 0 Å². The first kappa shape index (κ1) is 27.2. The van der Waals surface area contributed by atoms with Crippen LogP contribution in [-0.2, 0) is 48.2 Å². The highest BCUT2D eigenvalue weighted by Gasteiger charge is 2.51. The lowest BCUT2D eigenvalue weighted by Crippen LogP contribution is -2.47. The second-order valence-corrected chi connectivity index (χ2v) is 8.89. The number of rotatable bonds is 17. The third-order valence-corrected chi connectivity index (χ3v) is 6.11. The van der Waals surface area contributed by atoms with E-state index in [1.54, 1.807) is 13.2 Å². The molecule has 6 nitrogen and oxygen atoms in total. The van der Waals surface area contributed by atoms with Crippen molar-refractivity contribution < 1.29 is 28.4 Å². The average Bonchev–Trinajstić information content (AvgIpc) is 3.72. The molecule has 1 aliphatic heterocycles. The first-order valence-electron chi connectivity index (χ1n) is 12.6. The third-order valence-electron chi connectivity index (χ3n) is 6.11. The maximum Gasteiger partial charge on any atom is 0.186 e. The van der Waals surface area contributed by atoms with Gasteiger partial charge in [0, 0.05) is 7.11 Å². The lowest BCUT2D eigenvalue weighted by Gasteiger charge is -2.32. The van der Waals surface area contributed by atoms with Crippen LogP contribution < -0.4 is 0 Å². The van der Waals surface area contributed by atoms with Gasteiger partial charge in [-0.15, -0.1) is 6.58 Å². The van der Waals surface area contributed by atoms with Crippen LogP contribution in [0.4, 0.5) is 0 Å². The van der Waals surface area contributed by atoms with Gasteiger partial charge < -0.3 is 28.4 Å². The lowest BCUT2D eigenvalue weighted by atomic mass is 10.1. The molecule has 0 spiro atoms. The maximum absolute atomic E-state index is 6.47. The Bertz CT molecular complexity index is 1030. The van der Waals surface area contributed by atoms with Crippen LogP contribution in [-0.4, -0.2) is 51.0 Å². The molecular formula is C31H36O6. The van der Waals surface area contributed by atoms with Crippen molar-refractivity contribution in [2.75, 3.05) is 20.3 Å². The minimum absolute atomic E-state index is 0.107. The van der Waals surface area contributed by atoms with Crippen molar-refractivity contribution >= 4 is 0 Å². The average molecular weight is 505 g/mol. The summed E-state index contributed by atoms with van der Waals surface area (Å²) in [5.74, 6) is 0. The summed E-state index contributed by atoms with van der Waals surface area (Å²) in [6, 6.07) is 30.2. The molecule has 0 N–H and O–H groups in total. The molecule has 196 valence electrons. The van der Waals surface area contributed by atoms with Crippen molar-refractivity contribution in [2.24, 2.45) is 0 Å². The molecule has 37 heavy (non-hydrogen) atoms. The summed E-state index contributed by atoms with van der Waals surface area (Å²) in [6.07, 6.45) is -0.289. The Balaban J connectivity index is 1.47. The molecule has 5 atom stereocenters. The molecule has 0 radical (unpaired) electrons. The van der Waals surface area contributed by atoms with Gasteiger partial charge in [-0.25, -0.2) is 0 Å². The number of ether oxygens (including phenoxy) is 6. The van der Waals surface area contributed by atoms with E-state index in [4.69, 9.17) is 28.4 Å². The summed E-state index contributed by atoms with van der Waals surface area (Å²) >= 11 is 0. The maximum atomic E-state index is 6.47. The summed E-state index contributed by atoms with van der Waals surface area (Å²) in [5, 5.41) is 0. The van der Waals surface area contributed by atoms with Crippen molar-refractivity contribution in [2.45, 2.75) is 50.5 Å². The van der Waals surface area contributed by atoms with Crippen molar-refractivity contribution in [1.29, 1.82) is 0 Å². The molecule has 1 fully saturated rings. The third kappa shape index (κ3) is 8.61. The van der Waals surface area contributed by atoms with Gasteiger partial charge in [-0.2, -0.15) is 0 Å². The Morgan fingerprint density at radius 3 is 1.84 bits per heavy atom. The van der Waals surface area contributed by atoms with E-state index in [1.165, 1.54) is 0 Å². The Kier molecular flexibility index (Phi) is 10.9. The van der Waals surface area contributed by atoms with Crippen LogP contribution in [0.3, 0.4) is 0 Å². The first-order valence-corrected chi connectivity index (χ1v) is 12.6. The minimum atomic E-state index is -0.669. The summed E-state index contributed by atoms with van der Waals surface area (Å²) in [4.78, 5) is 0. The Labute approximate surface area is 219 Å². The second kappa shape index (κ2) is 14.8. The smallest absolute Gasteiger partial charge is 0.186 e. The predicted octanol–water partition coefficient (Wildman–Crippen LogP) is 5.32. The largest absolute Gasteiger partial charge is 0.374 e. The first-order chi connectivity index (χ1) is 18.3. The van der Waals surface area contributed by atoms with Crippen LogP contribution in [0.15, 0.2) is 104 Å². The number of hydrogen-bond donors (Lipinski definition) is 0. The fraction of sp³-hybridized carbons (Fsp3) is 0.355. The van der Waals surface area contributed by atoms with E-state index in [2.05, 4.69) is 6.58 Å². The summed E-state index contributed by atoms with van der Waals surface area (Å²) < 4.78 is 36.6. The van der Waals surface area contributed by atoms with Gasteiger partial charge in [0.2, 0.25) is 0 Å². The Hall–Kier alpha value is -2.84. The molecule has 0 saturated carbocycles. The Morgan fingerprint density at radius 1 is 0.757 bits per heavy atom. The van der Waals surface area contributed by atoms with Crippen LogP contribution in [0, 0.1) is 0 Å². The van der Waals surface area contributed by atoms with Gasteiger partial charge >= 0.3 is 0 Å². The van der Waals surface area contributed by atoms with E-state index in [1.807, 2.05) is 91.0 Å². The van der Waals surface area contributed by atoms with E-state index in [9.17, 15) is 0 Å². The number of benzene rings is 3. The molecule has 3 aromatic rings. The highest BCUT2D eigenvalue weighted by Crippen LogP contribution is 2.33. The van der Waals surface area contributed by atoms with Crippen LogP contribution in [0.1, 0.15) is 16.7 Å². The van der Waals surface area contributed by atoms with Gasteiger partial charge in [-0.3, -0.25) is 0 Å². The van der Waals surface area contributed by atoms with Crippen LogP contribution in [0.25, 0.3) is 0 Å². The van der Waals surface area contributed by atoms with Gasteiger partial charge in [0.25, 0.3) is 0 Å². The fourth-order valence-electron chi connectivity index (χ4n) is 4.14. The highest BCUT2D eigenvalue weighted by atomic mass is 16.7. The summed E-state index contributed by atoms with van der Waals surface area (Å²) in [7, 11) is 1.61. The van der Waals surface area contributed by atoms with Crippen molar-refractivity contribution in [1.82, 2.24) is 0 Å². The normalized spacial score (nSPS) is 19.2. The van der Waals surface area contributed by atoms with E-state index in [-0.39, 0.29) is 12.2 Å². The molecule has 1 aliphatic rings. The van der Waals surface area contributed by atoms with Gasteiger partial charge in [-0.05, 0) is 16.7 Å². The molecule has 4 rings (SSSR count). The van der Waals surface area contributed by atoms with E-state index in [0.29, 0.717) is 33.0 Å². The molecule has 1 unspecified atom stereocenters. The fourth-order valence-corrected chi connectivity index (χ4v) is 4.14. The molecule has 1 saturated heterocycles. The van der Waals surface area contributed by atoms with Crippen LogP contribution in [0.2, 0.25) is 0 Å². The molecule has 6 heteroatoms. The second-order valence-electron chi connectivity index (χ2n) is 8.89. The van der Waals surface area contributed by atoms with Crippen molar-refractivity contribution in [3.63, 3.8) is 0 Å². The number of methoxy groups -OCH3 is 1. The van der Waals surface area contributed by atoms with Crippen LogP contribution in [0.5, 0.6) is 0 Å². The molecule has 0 bridgehead atoms. The molecule has 0 aliphatic carbocycles. The molecular weight excluding hydrogens is 468 g/mol. The highest BCUT2D eigenvalue weighted by molar-refractivity contribution is 5.15. The zero-order valence-corrected chi connectivity index (χ0v) is 21.3. The predicted molar refractivity (Wildman–Crippen MR) is 142 cm³/mol. The van der Waals surface area contributed by atoms with E-state index in [0.717, 1.165) is 16.7 Å². The zero-order chi connectivity index (χ0) is 25.7. The molecule has 0 aromatic heterocycles. The van der Waals surface area contributed by atoms with Gasteiger partial charge in [-0.1, -0.05) is 97.1 Å². The van der Waals surface area contributed by atoms with Gasteiger partial charge in [0.05, 0.1) is 33.0 Å². The van der Waals surface area contributed by atoms with Crippen LogP contribution >= 0.6 is 0 Å². The van der Waals surface area contributed by atoms with E-state index < -0.39 is 18.5 Å². The summed E-state index contributed by atoms with van der Waals surface area (Å²) in [6.45, 7) is 5.87. The standard InChI is InChI=1S/C31H36O6/c1-3-19-34-31(32-2)30(36-22-26-17-11-6-12-18-26)29(35-21-25-15-9-5-10-16-25)28-27(37-28)23-33-20-24-13-7-4-8-14-24/h3-18,27-31H,1,19-23H2,2H3/t27-,28+,29+,30-,31?/m1/s1. The Morgan fingerprint density at radius 2 is 1.30 bits per heavy atom. The topological polar surface area (TPSA) is 58.7 Å². The zero-order valence-electron chi connectivity index (χ0n) is 21.3. The van der Waals surface area contributed by atoms with Crippen molar-refractivity contribution in [3.8, 4) is 0 Å². The quantitative estimate of drug-likeness (QED) is 0.141. The van der Waals surface area contributed by atoms with Gasteiger partial charge in [0.1, 0.15) is 24.4 Å². The lowest BCUT2D eigenvalue weighted by molar-refractivity contribution is -0.229.